The van der Waals surface area contributed by atoms with Gasteiger partial charge in [-0.25, -0.2) is 4.79 Å². The monoisotopic (exact) mass is 399 g/mol. The highest BCUT2D eigenvalue weighted by atomic mass is 32.2. The maximum Gasteiger partial charge on any atom is 0.353 e. The molecule has 0 unspecified atom stereocenters. The van der Waals surface area contributed by atoms with Gasteiger partial charge in [0.05, 0.1) is 12.1 Å². The molecule has 9 heteroatoms. The molecule has 2 rings (SSSR count). The number of carbonyl (C=O) groups excluding carboxylic acids is 2. The van der Waals surface area contributed by atoms with Crippen molar-refractivity contribution in [2.45, 2.75) is 57.1 Å². The average Bonchev–Trinajstić information content (AvgIpc) is 3.11. The Hall–Kier alpha value is -1.58. The Bertz CT molecular complexity index is 649. The maximum atomic E-state index is 12.2. The molecule has 2 heterocycles. The van der Waals surface area contributed by atoms with Crippen LogP contribution in [0.5, 0.6) is 0 Å². The standard InChI is InChI=1S/C18H29N3O5S/c1-9(22)6-14-10(2)16(15(18(25)26)21(14)11(3)23)27-12-7-13(19-8-12)17(24)20(4)5/h9-10,12-14,19,22H,6-8H2,1-5H3,(H,25,26)/t9-,10-,12+,13+,14+/m1/s1. The second kappa shape index (κ2) is 8.62. The topological polar surface area (TPSA) is 110 Å². The second-order valence-electron chi connectivity index (χ2n) is 7.52. The molecule has 0 radical (unpaired) electrons. The fourth-order valence-corrected chi connectivity index (χ4v) is 5.29. The highest BCUT2D eigenvalue weighted by Crippen LogP contribution is 2.45. The largest absolute Gasteiger partial charge is 0.477 e. The van der Waals surface area contributed by atoms with E-state index in [1.54, 1.807) is 25.9 Å². The fraction of sp³-hybridized carbons (Fsp3) is 0.722. The van der Waals surface area contributed by atoms with Crippen LogP contribution in [0.25, 0.3) is 0 Å². The van der Waals surface area contributed by atoms with E-state index in [-0.39, 0.29) is 40.8 Å². The van der Waals surface area contributed by atoms with E-state index in [4.69, 9.17) is 0 Å². The molecule has 0 aromatic rings. The van der Waals surface area contributed by atoms with E-state index in [0.717, 1.165) is 0 Å². The molecule has 2 aliphatic rings. The minimum absolute atomic E-state index is 0.00218. The molecule has 3 N–H and O–H groups in total. The molecule has 5 atom stereocenters. The number of carboxylic acids is 1. The molecule has 0 saturated carbocycles. The van der Waals surface area contributed by atoms with Crippen molar-refractivity contribution in [3.05, 3.63) is 10.6 Å². The maximum absolute atomic E-state index is 12.2. The Morgan fingerprint density at radius 3 is 2.48 bits per heavy atom. The van der Waals surface area contributed by atoms with Crippen LogP contribution in [-0.4, -0.2) is 81.9 Å². The predicted molar refractivity (Wildman–Crippen MR) is 103 cm³/mol. The van der Waals surface area contributed by atoms with Gasteiger partial charge in [-0.15, -0.1) is 11.8 Å². The summed E-state index contributed by atoms with van der Waals surface area (Å²) in [5.41, 5.74) is 0.00744. The number of nitrogens with one attached hydrogen (secondary N) is 1. The number of aliphatic carboxylic acids is 1. The number of rotatable bonds is 6. The Morgan fingerprint density at radius 2 is 2.00 bits per heavy atom. The molecule has 0 aromatic carbocycles. The van der Waals surface area contributed by atoms with Crippen molar-refractivity contribution in [3.8, 4) is 0 Å². The zero-order chi connectivity index (χ0) is 20.5. The van der Waals surface area contributed by atoms with Gasteiger partial charge in [0, 0.05) is 49.7 Å². The van der Waals surface area contributed by atoms with Crippen LogP contribution in [0, 0.1) is 5.92 Å². The lowest BCUT2D eigenvalue weighted by Gasteiger charge is -2.28. The van der Waals surface area contributed by atoms with Gasteiger partial charge < -0.3 is 25.3 Å². The highest BCUT2D eigenvalue weighted by molar-refractivity contribution is 8.03. The van der Waals surface area contributed by atoms with Crippen molar-refractivity contribution in [1.29, 1.82) is 0 Å². The van der Waals surface area contributed by atoms with Gasteiger partial charge in [-0.05, 0) is 19.8 Å². The first-order chi connectivity index (χ1) is 12.5. The summed E-state index contributed by atoms with van der Waals surface area (Å²) in [6, 6.07) is -0.662. The lowest BCUT2D eigenvalue weighted by molar-refractivity contribution is -0.140. The Kier molecular flexibility index (Phi) is 6.93. The first-order valence-electron chi connectivity index (χ1n) is 9.11. The quantitative estimate of drug-likeness (QED) is 0.596. The Labute approximate surface area is 164 Å². The molecule has 1 fully saturated rings. The number of hydrogen-bond donors (Lipinski definition) is 3. The molecular formula is C18H29N3O5S. The molecular weight excluding hydrogens is 370 g/mol. The van der Waals surface area contributed by atoms with E-state index in [9.17, 15) is 24.6 Å². The number of likely N-dealkylation sites (N-methyl/N-ethyl adjacent to an activating group) is 1. The minimum Gasteiger partial charge on any atom is -0.477 e. The van der Waals surface area contributed by atoms with Gasteiger partial charge >= 0.3 is 5.97 Å². The van der Waals surface area contributed by atoms with Gasteiger partial charge in [0.1, 0.15) is 5.70 Å². The molecule has 27 heavy (non-hydrogen) atoms. The van der Waals surface area contributed by atoms with Crippen molar-refractivity contribution in [2.75, 3.05) is 20.6 Å². The van der Waals surface area contributed by atoms with Crippen LogP contribution in [0.3, 0.4) is 0 Å². The van der Waals surface area contributed by atoms with E-state index < -0.39 is 12.1 Å². The molecule has 8 nitrogen and oxygen atoms in total. The van der Waals surface area contributed by atoms with Crippen LogP contribution in [-0.2, 0) is 14.4 Å². The summed E-state index contributed by atoms with van der Waals surface area (Å²) in [6.45, 7) is 5.47. The van der Waals surface area contributed by atoms with Crippen LogP contribution in [0.4, 0.5) is 0 Å². The van der Waals surface area contributed by atoms with Crippen molar-refractivity contribution in [1.82, 2.24) is 15.1 Å². The van der Waals surface area contributed by atoms with Crippen LogP contribution < -0.4 is 5.32 Å². The smallest absolute Gasteiger partial charge is 0.353 e. The molecule has 0 aliphatic carbocycles. The summed E-state index contributed by atoms with van der Waals surface area (Å²) in [5.74, 6) is -1.67. The number of carbonyl (C=O) groups is 3. The number of thioether (sulfide) groups is 1. The van der Waals surface area contributed by atoms with Gasteiger partial charge in [-0.2, -0.15) is 0 Å². The van der Waals surface area contributed by atoms with Gasteiger partial charge in [0.2, 0.25) is 11.8 Å². The number of carboxylic acid groups (broad SMARTS) is 1. The van der Waals surface area contributed by atoms with Crippen molar-refractivity contribution in [3.63, 3.8) is 0 Å². The zero-order valence-corrected chi connectivity index (χ0v) is 17.2. The van der Waals surface area contributed by atoms with E-state index in [0.29, 0.717) is 24.3 Å². The molecule has 0 bridgehead atoms. The average molecular weight is 400 g/mol. The fourth-order valence-electron chi connectivity index (χ4n) is 3.79. The normalized spacial score (nSPS) is 29.2. The lowest BCUT2D eigenvalue weighted by atomic mass is 9.98. The summed E-state index contributed by atoms with van der Waals surface area (Å²) in [4.78, 5) is 39.8. The third-order valence-electron chi connectivity index (χ3n) is 5.04. The minimum atomic E-state index is -1.14. The first kappa shape index (κ1) is 21.7. The van der Waals surface area contributed by atoms with Crippen molar-refractivity contribution < 1.29 is 24.6 Å². The number of aliphatic hydroxyl groups excluding tert-OH is 1. The molecule has 2 amide bonds. The van der Waals surface area contributed by atoms with Crippen LogP contribution >= 0.6 is 11.8 Å². The molecule has 0 spiro atoms. The number of amides is 2. The molecule has 152 valence electrons. The second-order valence-corrected chi connectivity index (χ2v) is 8.86. The zero-order valence-electron chi connectivity index (χ0n) is 16.4. The van der Waals surface area contributed by atoms with Crippen LogP contribution in [0.15, 0.2) is 10.6 Å². The third-order valence-corrected chi connectivity index (χ3v) is 6.56. The Balaban J connectivity index is 2.25. The van der Waals surface area contributed by atoms with Crippen LogP contribution in [0.2, 0.25) is 0 Å². The summed E-state index contributed by atoms with van der Waals surface area (Å²) in [7, 11) is 3.42. The molecule has 2 aliphatic heterocycles. The Morgan fingerprint density at radius 1 is 1.37 bits per heavy atom. The van der Waals surface area contributed by atoms with E-state index in [2.05, 4.69) is 5.32 Å². The third kappa shape index (κ3) is 4.64. The summed E-state index contributed by atoms with van der Waals surface area (Å²) < 4.78 is 0. The number of hydrogen-bond acceptors (Lipinski definition) is 6. The highest BCUT2D eigenvalue weighted by Gasteiger charge is 2.45. The van der Waals surface area contributed by atoms with E-state index in [1.807, 2.05) is 6.92 Å². The van der Waals surface area contributed by atoms with Crippen molar-refractivity contribution in [2.24, 2.45) is 5.92 Å². The van der Waals surface area contributed by atoms with Crippen molar-refractivity contribution >= 4 is 29.5 Å². The van der Waals surface area contributed by atoms with Gasteiger partial charge in [0.25, 0.3) is 0 Å². The SMILES string of the molecule is CC(=O)N1C(C(=O)O)=C(S[C@@H]2CN[C@H](C(=O)N(C)C)C2)[C@H](C)[C@@H]1C[C@@H](C)O. The lowest BCUT2D eigenvalue weighted by Crippen LogP contribution is -2.40. The van der Waals surface area contributed by atoms with Gasteiger partial charge in [-0.1, -0.05) is 6.92 Å². The summed E-state index contributed by atoms with van der Waals surface area (Å²) in [6.07, 6.45) is 0.270. The van der Waals surface area contributed by atoms with E-state index in [1.165, 1.54) is 23.6 Å². The first-order valence-corrected chi connectivity index (χ1v) is 9.99. The number of nitrogens with zero attached hydrogens (tertiary/aromatic N) is 2. The molecule has 0 aromatic heterocycles. The number of aliphatic hydroxyl groups is 1. The predicted octanol–water partition coefficient (Wildman–Crippen LogP) is 0.472. The van der Waals surface area contributed by atoms with Crippen LogP contribution in [0.1, 0.15) is 33.6 Å². The van der Waals surface area contributed by atoms with E-state index >= 15 is 0 Å². The summed E-state index contributed by atoms with van der Waals surface area (Å²) in [5, 5.41) is 22.8. The molecule has 1 saturated heterocycles. The van der Waals surface area contributed by atoms with Gasteiger partial charge in [-0.3, -0.25) is 9.59 Å². The summed E-state index contributed by atoms with van der Waals surface area (Å²) >= 11 is 1.43. The van der Waals surface area contributed by atoms with Gasteiger partial charge in [0.15, 0.2) is 0 Å².